The van der Waals surface area contributed by atoms with E-state index in [4.69, 9.17) is 0 Å². The molecule has 2 aromatic rings. The van der Waals surface area contributed by atoms with Gasteiger partial charge in [-0.3, -0.25) is 15.0 Å². The van der Waals surface area contributed by atoms with Gasteiger partial charge in [-0.05, 0) is 24.1 Å². The normalized spacial score (nSPS) is 14.6. The lowest BCUT2D eigenvalue weighted by molar-refractivity contribution is -0.383. The standard InChI is InChI=1S/C21H26N4O3/c26-16-4-11-23-12-14-24(15-13-23)19-7-8-21(25(27)28)20(17-19)22-10-9-18-5-2-1-3-6-18/h1-3,5-8,16-17,22H,4,9-15H2. The number of hydrogen-bond acceptors (Lipinski definition) is 6. The summed E-state index contributed by atoms with van der Waals surface area (Å²) in [7, 11) is 0. The molecule has 0 bridgehead atoms. The van der Waals surface area contributed by atoms with Crippen LogP contribution >= 0.6 is 0 Å². The van der Waals surface area contributed by atoms with Gasteiger partial charge >= 0.3 is 0 Å². The van der Waals surface area contributed by atoms with Gasteiger partial charge in [0.2, 0.25) is 0 Å². The van der Waals surface area contributed by atoms with E-state index in [1.807, 2.05) is 30.3 Å². The molecule has 1 aliphatic rings. The lowest BCUT2D eigenvalue weighted by atomic mass is 10.1. The van der Waals surface area contributed by atoms with E-state index in [0.29, 0.717) is 18.7 Å². The maximum atomic E-state index is 11.4. The Morgan fingerprint density at radius 2 is 1.82 bits per heavy atom. The van der Waals surface area contributed by atoms with Crippen LogP contribution in [0.25, 0.3) is 0 Å². The minimum atomic E-state index is -0.341. The molecule has 7 heteroatoms. The van der Waals surface area contributed by atoms with Gasteiger partial charge < -0.3 is 15.0 Å². The summed E-state index contributed by atoms with van der Waals surface area (Å²) in [5, 5.41) is 14.6. The number of nitrogens with zero attached hydrogens (tertiary/aromatic N) is 3. The number of carbonyl (C=O) groups is 1. The molecule has 0 atom stereocenters. The Hall–Kier alpha value is -2.93. The molecule has 0 aliphatic carbocycles. The van der Waals surface area contributed by atoms with E-state index >= 15 is 0 Å². The quantitative estimate of drug-likeness (QED) is 0.408. The van der Waals surface area contributed by atoms with Crippen molar-refractivity contribution < 1.29 is 9.72 Å². The fourth-order valence-corrected chi connectivity index (χ4v) is 3.47. The van der Waals surface area contributed by atoms with Gasteiger partial charge in [0.05, 0.1) is 4.92 Å². The molecule has 0 spiro atoms. The molecule has 148 valence electrons. The summed E-state index contributed by atoms with van der Waals surface area (Å²) in [6.07, 6.45) is 2.32. The zero-order valence-corrected chi connectivity index (χ0v) is 15.9. The summed E-state index contributed by atoms with van der Waals surface area (Å²) in [6, 6.07) is 15.3. The second-order valence-electron chi connectivity index (χ2n) is 6.90. The van der Waals surface area contributed by atoms with Gasteiger partial charge in [-0.2, -0.15) is 0 Å². The van der Waals surface area contributed by atoms with Gasteiger partial charge in [0, 0.05) is 57.4 Å². The molecule has 1 N–H and O–H groups in total. The van der Waals surface area contributed by atoms with Crippen molar-refractivity contribution in [2.24, 2.45) is 0 Å². The largest absolute Gasteiger partial charge is 0.379 e. The lowest BCUT2D eigenvalue weighted by Gasteiger charge is -2.36. The summed E-state index contributed by atoms with van der Waals surface area (Å²) < 4.78 is 0. The molecular weight excluding hydrogens is 356 g/mol. The summed E-state index contributed by atoms with van der Waals surface area (Å²) in [5.41, 5.74) is 2.84. The zero-order valence-electron chi connectivity index (χ0n) is 15.9. The topological polar surface area (TPSA) is 78.7 Å². The number of nitro groups is 1. The molecule has 0 radical (unpaired) electrons. The van der Waals surface area contributed by atoms with Crippen LogP contribution in [-0.2, 0) is 11.2 Å². The molecule has 28 heavy (non-hydrogen) atoms. The third-order valence-electron chi connectivity index (χ3n) is 5.05. The first-order valence-electron chi connectivity index (χ1n) is 9.64. The summed E-state index contributed by atoms with van der Waals surface area (Å²) >= 11 is 0. The van der Waals surface area contributed by atoms with Crippen LogP contribution in [-0.4, -0.2) is 55.4 Å². The SMILES string of the molecule is O=CCCN1CCN(c2ccc([N+](=O)[O-])c(NCCc3ccccc3)c2)CC1. The number of rotatable bonds is 9. The van der Waals surface area contributed by atoms with Crippen molar-refractivity contribution in [3.05, 3.63) is 64.2 Å². The smallest absolute Gasteiger partial charge is 0.292 e. The van der Waals surface area contributed by atoms with Crippen LogP contribution in [0.1, 0.15) is 12.0 Å². The lowest BCUT2D eigenvalue weighted by Crippen LogP contribution is -2.46. The van der Waals surface area contributed by atoms with Crippen molar-refractivity contribution in [2.45, 2.75) is 12.8 Å². The molecule has 0 unspecified atom stereocenters. The van der Waals surface area contributed by atoms with Crippen molar-refractivity contribution >= 4 is 23.3 Å². The van der Waals surface area contributed by atoms with E-state index in [9.17, 15) is 14.9 Å². The number of piperazine rings is 1. The van der Waals surface area contributed by atoms with E-state index in [2.05, 4.69) is 27.2 Å². The number of aldehydes is 1. The van der Waals surface area contributed by atoms with Crippen LogP contribution in [0.15, 0.2) is 48.5 Å². The molecule has 1 saturated heterocycles. The number of anilines is 2. The predicted octanol–water partition coefficient (Wildman–Crippen LogP) is 2.96. The third-order valence-corrected chi connectivity index (χ3v) is 5.05. The fraction of sp³-hybridized carbons (Fsp3) is 0.381. The number of nitro benzene ring substituents is 1. The van der Waals surface area contributed by atoms with Crippen molar-refractivity contribution in [1.82, 2.24) is 4.90 Å². The highest BCUT2D eigenvalue weighted by molar-refractivity contribution is 5.69. The summed E-state index contributed by atoms with van der Waals surface area (Å²) in [6.45, 7) is 4.90. The summed E-state index contributed by atoms with van der Waals surface area (Å²) in [5.74, 6) is 0. The Morgan fingerprint density at radius 1 is 1.07 bits per heavy atom. The molecular formula is C21H26N4O3. The van der Waals surface area contributed by atoms with Crippen molar-refractivity contribution in [3.8, 4) is 0 Å². The number of benzene rings is 2. The zero-order chi connectivity index (χ0) is 19.8. The molecule has 1 fully saturated rings. The molecule has 2 aromatic carbocycles. The Morgan fingerprint density at radius 3 is 2.50 bits per heavy atom. The molecule has 0 saturated carbocycles. The first kappa shape index (κ1) is 19.8. The Balaban J connectivity index is 1.64. The minimum Gasteiger partial charge on any atom is -0.379 e. The molecule has 0 aromatic heterocycles. The highest BCUT2D eigenvalue weighted by Crippen LogP contribution is 2.30. The maximum absolute atomic E-state index is 11.4. The van der Waals surface area contributed by atoms with Gasteiger partial charge in [0.15, 0.2) is 0 Å². The average Bonchev–Trinajstić information content (AvgIpc) is 2.73. The molecule has 3 rings (SSSR count). The second-order valence-corrected chi connectivity index (χ2v) is 6.90. The fourth-order valence-electron chi connectivity index (χ4n) is 3.47. The van der Waals surface area contributed by atoms with Crippen LogP contribution in [0.3, 0.4) is 0 Å². The summed E-state index contributed by atoms with van der Waals surface area (Å²) in [4.78, 5) is 26.1. The van der Waals surface area contributed by atoms with E-state index in [1.165, 1.54) is 5.56 Å². The third kappa shape index (κ3) is 5.29. The molecule has 1 heterocycles. The molecule has 1 aliphatic heterocycles. The van der Waals surface area contributed by atoms with E-state index < -0.39 is 0 Å². The highest BCUT2D eigenvalue weighted by atomic mass is 16.6. The molecule has 7 nitrogen and oxygen atoms in total. The minimum absolute atomic E-state index is 0.0985. The first-order valence-corrected chi connectivity index (χ1v) is 9.64. The van der Waals surface area contributed by atoms with Crippen LogP contribution in [0, 0.1) is 10.1 Å². The van der Waals surface area contributed by atoms with Crippen LogP contribution in [0.5, 0.6) is 0 Å². The number of hydrogen-bond donors (Lipinski definition) is 1. The van der Waals surface area contributed by atoms with E-state index in [-0.39, 0.29) is 10.6 Å². The van der Waals surface area contributed by atoms with Gasteiger partial charge in [-0.1, -0.05) is 30.3 Å². The van der Waals surface area contributed by atoms with Crippen molar-refractivity contribution in [3.63, 3.8) is 0 Å². The van der Waals surface area contributed by atoms with Crippen LogP contribution < -0.4 is 10.2 Å². The van der Waals surface area contributed by atoms with E-state index in [0.717, 1.165) is 51.1 Å². The number of carbonyl (C=O) groups excluding carboxylic acids is 1. The second kappa shape index (κ2) is 9.85. The van der Waals surface area contributed by atoms with Crippen LogP contribution in [0.2, 0.25) is 0 Å². The average molecular weight is 382 g/mol. The van der Waals surface area contributed by atoms with Crippen molar-refractivity contribution in [2.75, 3.05) is 49.5 Å². The predicted molar refractivity (Wildman–Crippen MR) is 111 cm³/mol. The first-order chi connectivity index (χ1) is 13.7. The highest BCUT2D eigenvalue weighted by Gasteiger charge is 2.20. The molecule has 0 amide bonds. The Bertz CT molecular complexity index is 789. The van der Waals surface area contributed by atoms with Gasteiger partial charge in [-0.15, -0.1) is 0 Å². The Labute approximate surface area is 165 Å². The monoisotopic (exact) mass is 382 g/mol. The van der Waals surface area contributed by atoms with Gasteiger partial charge in [0.1, 0.15) is 12.0 Å². The van der Waals surface area contributed by atoms with Crippen molar-refractivity contribution in [1.29, 1.82) is 0 Å². The van der Waals surface area contributed by atoms with Crippen LogP contribution in [0.4, 0.5) is 17.1 Å². The van der Waals surface area contributed by atoms with Gasteiger partial charge in [-0.25, -0.2) is 0 Å². The Kier molecular flexibility index (Phi) is 6.97. The van der Waals surface area contributed by atoms with Gasteiger partial charge in [0.25, 0.3) is 5.69 Å². The number of nitrogens with one attached hydrogen (secondary N) is 1. The maximum Gasteiger partial charge on any atom is 0.292 e. The van der Waals surface area contributed by atoms with E-state index in [1.54, 1.807) is 6.07 Å².